The third kappa shape index (κ3) is 5.18. The number of carbonyl (C=O) groups is 1. The predicted octanol–water partition coefficient (Wildman–Crippen LogP) is 1.28. The van der Waals surface area contributed by atoms with Crippen molar-refractivity contribution in [3.05, 3.63) is 82.3 Å². The summed E-state index contributed by atoms with van der Waals surface area (Å²) in [4.78, 5) is 33.2. The van der Waals surface area contributed by atoms with Gasteiger partial charge in [0.05, 0.1) is 12.2 Å². The van der Waals surface area contributed by atoms with Crippen LogP contribution in [-0.2, 0) is 13.1 Å². The fraction of sp³-hybridized carbons (Fsp3) is 0.238. The van der Waals surface area contributed by atoms with Crippen molar-refractivity contribution >= 4 is 17.2 Å². The highest BCUT2D eigenvalue weighted by Crippen LogP contribution is 2.19. The van der Waals surface area contributed by atoms with Crippen molar-refractivity contribution in [2.45, 2.75) is 25.4 Å². The van der Waals surface area contributed by atoms with Crippen molar-refractivity contribution < 1.29 is 23.1 Å². The van der Waals surface area contributed by atoms with Crippen LogP contribution in [0.3, 0.4) is 0 Å². The first kappa shape index (κ1) is 22.4. The lowest BCUT2D eigenvalue weighted by Crippen LogP contribution is -2.38. The van der Waals surface area contributed by atoms with Crippen molar-refractivity contribution in [1.82, 2.24) is 29.4 Å². The smallest absolute Gasteiger partial charge is 0.382 e. The zero-order valence-corrected chi connectivity index (χ0v) is 17.1. The molecule has 4 heterocycles. The Labute approximate surface area is 184 Å². The van der Waals surface area contributed by atoms with E-state index in [1.54, 1.807) is 53.3 Å². The molecule has 9 nitrogen and oxygen atoms in total. The molecule has 33 heavy (non-hydrogen) atoms. The number of imidazole rings is 1. The number of rotatable bonds is 7. The van der Waals surface area contributed by atoms with Crippen LogP contribution in [-0.4, -0.2) is 48.6 Å². The van der Waals surface area contributed by atoms with Gasteiger partial charge in [-0.3, -0.25) is 14.0 Å². The third-order valence-corrected chi connectivity index (χ3v) is 4.84. The molecule has 0 saturated carbocycles. The van der Waals surface area contributed by atoms with Crippen LogP contribution >= 0.6 is 0 Å². The van der Waals surface area contributed by atoms with Crippen molar-refractivity contribution in [2.75, 3.05) is 6.54 Å². The first-order valence-electron chi connectivity index (χ1n) is 9.89. The van der Waals surface area contributed by atoms with E-state index in [9.17, 15) is 22.8 Å². The second-order valence-corrected chi connectivity index (χ2v) is 7.31. The number of nitrogens with zero attached hydrogens (tertiary/aromatic N) is 4. The fourth-order valence-electron chi connectivity index (χ4n) is 3.18. The van der Waals surface area contributed by atoms with Crippen LogP contribution in [0.5, 0.6) is 0 Å². The molecule has 1 atom stereocenters. The van der Waals surface area contributed by atoms with Crippen LogP contribution in [0.25, 0.3) is 11.3 Å². The van der Waals surface area contributed by atoms with Gasteiger partial charge in [-0.15, -0.1) is 0 Å². The van der Waals surface area contributed by atoms with Crippen molar-refractivity contribution in [3.63, 3.8) is 0 Å². The summed E-state index contributed by atoms with van der Waals surface area (Å²) in [6.07, 6.45) is -2.18. The quantitative estimate of drug-likeness (QED) is 0.383. The number of aromatic nitrogens is 4. The number of hydrogen-bond acceptors (Lipinski definition) is 6. The number of halogens is 3. The Morgan fingerprint density at radius 3 is 2.70 bits per heavy atom. The Balaban J connectivity index is 1.39. The van der Waals surface area contributed by atoms with Crippen molar-refractivity contribution in [1.29, 1.82) is 0 Å². The summed E-state index contributed by atoms with van der Waals surface area (Å²) in [7, 11) is 0. The Hall–Kier alpha value is -3.77. The van der Waals surface area contributed by atoms with Gasteiger partial charge >= 0.3 is 6.18 Å². The minimum atomic E-state index is -4.67. The summed E-state index contributed by atoms with van der Waals surface area (Å²) in [6, 6.07) is 9.56. The Bertz CT molecular complexity index is 1360. The standard InChI is InChI=1S/C21H19F3N6O3/c22-21(23,24)16(31)10-25-8-13-4-5-17-27-14(12-29(17)11-13)9-26-20(33)15-7-19(32)30-6-2-1-3-18(30)28-15/h1-7,11-12,16,25,31H,8-10H2,(H,26,33). The molecule has 3 N–H and O–H groups in total. The van der Waals surface area contributed by atoms with Gasteiger partial charge in [-0.1, -0.05) is 12.1 Å². The molecule has 0 radical (unpaired) electrons. The van der Waals surface area contributed by atoms with Gasteiger partial charge in [0.25, 0.3) is 11.5 Å². The fourth-order valence-corrected chi connectivity index (χ4v) is 3.18. The lowest BCUT2D eigenvalue weighted by molar-refractivity contribution is -0.201. The zero-order valence-electron chi connectivity index (χ0n) is 17.1. The third-order valence-electron chi connectivity index (χ3n) is 4.84. The molecule has 4 aromatic rings. The van der Waals surface area contributed by atoms with E-state index in [4.69, 9.17) is 5.11 Å². The zero-order chi connectivity index (χ0) is 23.6. The van der Waals surface area contributed by atoms with E-state index < -0.39 is 24.7 Å². The average Bonchev–Trinajstić information content (AvgIpc) is 3.19. The molecule has 0 aliphatic rings. The van der Waals surface area contributed by atoms with Gasteiger partial charge in [0.2, 0.25) is 0 Å². The van der Waals surface area contributed by atoms with Crippen LogP contribution < -0.4 is 16.2 Å². The number of carbonyl (C=O) groups excluding carboxylic acids is 1. The Kier molecular flexibility index (Phi) is 6.11. The summed E-state index contributed by atoms with van der Waals surface area (Å²) in [6.45, 7) is -0.409. The van der Waals surface area contributed by atoms with E-state index in [-0.39, 0.29) is 24.3 Å². The SMILES string of the molecule is O=C(NCc1cn2cc(CNCC(O)C(F)(F)F)ccc2n1)c1cc(=O)n2ccccc2n1. The lowest BCUT2D eigenvalue weighted by Gasteiger charge is -2.15. The van der Waals surface area contributed by atoms with Gasteiger partial charge in [0.1, 0.15) is 17.0 Å². The normalized spacial score (nSPS) is 12.8. The van der Waals surface area contributed by atoms with E-state index >= 15 is 0 Å². The van der Waals surface area contributed by atoms with E-state index in [0.717, 1.165) is 6.07 Å². The summed E-state index contributed by atoms with van der Waals surface area (Å²) < 4.78 is 40.1. The highest BCUT2D eigenvalue weighted by atomic mass is 19.4. The number of fused-ring (bicyclic) bond motifs is 2. The van der Waals surface area contributed by atoms with Gasteiger partial charge in [0.15, 0.2) is 6.10 Å². The molecule has 12 heteroatoms. The van der Waals surface area contributed by atoms with Gasteiger partial charge in [-0.05, 0) is 23.8 Å². The molecular formula is C21H19F3N6O3. The second kappa shape index (κ2) is 9.00. The van der Waals surface area contributed by atoms with Gasteiger partial charge < -0.3 is 20.1 Å². The molecule has 0 fully saturated rings. The topological polar surface area (TPSA) is 113 Å². The van der Waals surface area contributed by atoms with Crippen LogP contribution in [0.4, 0.5) is 13.2 Å². The molecule has 0 bridgehead atoms. The maximum absolute atomic E-state index is 12.5. The first-order valence-corrected chi connectivity index (χ1v) is 9.89. The largest absolute Gasteiger partial charge is 0.415 e. The van der Waals surface area contributed by atoms with Crippen molar-refractivity contribution in [2.24, 2.45) is 0 Å². The summed E-state index contributed by atoms with van der Waals surface area (Å²) in [5.41, 5.74) is 1.78. The van der Waals surface area contributed by atoms with E-state index in [1.807, 2.05) is 0 Å². The number of aliphatic hydroxyl groups excluding tert-OH is 1. The number of aliphatic hydroxyl groups is 1. The van der Waals surface area contributed by atoms with Gasteiger partial charge in [-0.2, -0.15) is 13.2 Å². The molecule has 0 aliphatic carbocycles. The molecule has 172 valence electrons. The minimum absolute atomic E-state index is 0.00984. The Morgan fingerprint density at radius 2 is 1.91 bits per heavy atom. The van der Waals surface area contributed by atoms with Crippen LogP contribution in [0.15, 0.2) is 59.8 Å². The predicted molar refractivity (Wildman–Crippen MR) is 112 cm³/mol. The monoisotopic (exact) mass is 460 g/mol. The highest BCUT2D eigenvalue weighted by molar-refractivity contribution is 5.92. The van der Waals surface area contributed by atoms with Crippen LogP contribution in [0.2, 0.25) is 0 Å². The minimum Gasteiger partial charge on any atom is -0.382 e. The lowest BCUT2D eigenvalue weighted by atomic mass is 10.2. The number of hydrogen-bond donors (Lipinski definition) is 3. The molecule has 1 amide bonds. The number of alkyl halides is 3. The van der Waals surface area contributed by atoms with Gasteiger partial charge in [-0.25, -0.2) is 9.97 Å². The van der Waals surface area contributed by atoms with Crippen LogP contribution in [0.1, 0.15) is 21.7 Å². The molecule has 4 aromatic heterocycles. The second-order valence-electron chi connectivity index (χ2n) is 7.31. The molecule has 0 saturated heterocycles. The molecule has 0 aliphatic heterocycles. The van der Waals surface area contributed by atoms with E-state index in [2.05, 4.69) is 20.6 Å². The average molecular weight is 460 g/mol. The van der Waals surface area contributed by atoms with E-state index in [0.29, 0.717) is 22.6 Å². The highest BCUT2D eigenvalue weighted by Gasteiger charge is 2.37. The summed E-state index contributed by atoms with van der Waals surface area (Å²) >= 11 is 0. The summed E-state index contributed by atoms with van der Waals surface area (Å²) in [5.74, 6) is -0.524. The number of amides is 1. The van der Waals surface area contributed by atoms with E-state index in [1.165, 1.54) is 4.40 Å². The molecule has 0 aromatic carbocycles. The molecular weight excluding hydrogens is 441 g/mol. The summed E-state index contributed by atoms with van der Waals surface area (Å²) in [5, 5.41) is 14.3. The van der Waals surface area contributed by atoms with Crippen molar-refractivity contribution in [3.8, 4) is 0 Å². The first-order chi connectivity index (χ1) is 15.7. The van der Waals surface area contributed by atoms with Crippen LogP contribution in [0, 0.1) is 0 Å². The number of pyridine rings is 2. The number of nitrogens with one attached hydrogen (secondary N) is 2. The van der Waals surface area contributed by atoms with Gasteiger partial charge in [0, 0.05) is 37.7 Å². The molecule has 1 unspecified atom stereocenters. The maximum Gasteiger partial charge on any atom is 0.415 e. The maximum atomic E-state index is 12.5. The molecule has 4 rings (SSSR count). The Morgan fingerprint density at radius 1 is 1.09 bits per heavy atom. The molecule has 0 spiro atoms.